The molecule has 1 aromatic heterocycles. The molecule has 1 saturated heterocycles. The second kappa shape index (κ2) is 5.75. The molecular formula is C14H17N3OS. The van der Waals surface area contributed by atoms with E-state index in [1.165, 1.54) is 16.9 Å². The summed E-state index contributed by atoms with van der Waals surface area (Å²) in [5, 5.41) is 7.41. The zero-order valence-electron chi connectivity index (χ0n) is 10.9. The summed E-state index contributed by atoms with van der Waals surface area (Å²) in [5.41, 5.74) is 1.28. The van der Waals surface area contributed by atoms with Crippen molar-refractivity contribution in [3.63, 3.8) is 0 Å². The van der Waals surface area contributed by atoms with E-state index >= 15 is 0 Å². The van der Waals surface area contributed by atoms with Crippen molar-refractivity contribution in [2.75, 3.05) is 6.54 Å². The SMILES string of the molecule is Cc1ccc(SCc2noc([C@H]3CCCN3)n2)cc1. The van der Waals surface area contributed by atoms with Crippen molar-refractivity contribution >= 4 is 11.8 Å². The van der Waals surface area contributed by atoms with Gasteiger partial charge >= 0.3 is 0 Å². The average molecular weight is 275 g/mol. The molecule has 0 saturated carbocycles. The predicted molar refractivity (Wildman–Crippen MR) is 75.0 cm³/mol. The van der Waals surface area contributed by atoms with Crippen LogP contribution in [0.2, 0.25) is 0 Å². The Kier molecular flexibility index (Phi) is 3.84. The Hall–Kier alpha value is -1.33. The normalized spacial score (nSPS) is 18.9. The molecule has 0 spiro atoms. The van der Waals surface area contributed by atoms with E-state index in [-0.39, 0.29) is 6.04 Å². The molecule has 19 heavy (non-hydrogen) atoms. The van der Waals surface area contributed by atoms with E-state index in [9.17, 15) is 0 Å². The first-order chi connectivity index (χ1) is 9.31. The molecule has 1 aromatic carbocycles. The molecule has 0 unspecified atom stereocenters. The molecule has 2 aromatic rings. The fourth-order valence-corrected chi connectivity index (χ4v) is 2.89. The van der Waals surface area contributed by atoms with Gasteiger partial charge in [-0.15, -0.1) is 11.8 Å². The van der Waals surface area contributed by atoms with Crippen LogP contribution in [-0.4, -0.2) is 16.7 Å². The van der Waals surface area contributed by atoms with Crippen molar-refractivity contribution in [2.45, 2.75) is 36.5 Å². The number of thioether (sulfide) groups is 1. The third-order valence-electron chi connectivity index (χ3n) is 3.23. The lowest BCUT2D eigenvalue weighted by atomic mass is 10.2. The lowest BCUT2D eigenvalue weighted by molar-refractivity contribution is 0.342. The molecule has 3 rings (SSSR count). The highest BCUT2D eigenvalue weighted by Gasteiger charge is 2.22. The number of rotatable bonds is 4. The van der Waals surface area contributed by atoms with Crippen LogP contribution in [-0.2, 0) is 5.75 Å². The van der Waals surface area contributed by atoms with E-state index in [4.69, 9.17) is 4.52 Å². The molecule has 0 bridgehead atoms. The molecule has 1 N–H and O–H groups in total. The van der Waals surface area contributed by atoms with Crippen molar-refractivity contribution in [3.8, 4) is 0 Å². The van der Waals surface area contributed by atoms with Crippen LogP contribution in [0.1, 0.15) is 36.2 Å². The van der Waals surface area contributed by atoms with Gasteiger partial charge in [-0.2, -0.15) is 4.98 Å². The van der Waals surface area contributed by atoms with Gasteiger partial charge in [0.1, 0.15) is 0 Å². The topological polar surface area (TPSA) is 51.0 Å². The van der Waals surface area contributed by atoms with E-state index < -0.39 is 0 Å². The fourth-order valence-electron chi connectivity index (χ4n) is 2.15. The summed E-state index contributed by atoms with van der Waals surface area (Å²) in [4.78, 5) is 5.70. The van der Waals surface area contributed by atoms with Gasteiger partial charge in [0.25, 0.3) is 0 Å². The van der Waals surface area contributed by atoms with Gasteiger partial charge in [-0.3, -0.25) is 0 Å². The molecule has 1 atom stereocenters. The van der Waals surface area contributed by atoms with Gasteiger partial charge in [0.05, 0.1) is 11.8 Å². The molecular weight excluding hydrogens is 258 g/mol. The van der Waals surface area contributed by atoms with Crippen LogP contribution in [0.25, 0.3) is 0 Å². The number of aromatic nitrogens is 2. The third-order valence-corrected chi connectivity index (χ3v) is 4.24. The monoisotopic (exact) mass is 275 g/mol. The summed E-state index contributed by atoms with van der Waals surface area (Å²) in [7, 11) is 0. The zero-order valence-corrected chi connectivity index (χ0v) is 11.7. The van der Waals surface area contributed by atoms with Crippen LogP contribution < -0.4 is 5.32 Å². The van der Waals surface area contributed by atoms with Crippen LogP contribution in [0, 0.1) is 6.92 Å². The summed E-state index contributed by atoms with van der Waals surface area (Å²) in [6, 6.07) is 8.74. The molecule has 1 aliphatic heterocycles. The van der Waals surface area contributed by atoms with Gasteiger partial charge in [-0.1, -0.05) is 22.9 Å². The summed E-state index contributed by atoms with van der Waals surface area (Å²) in [6.45, 7) is 3.13. The minimum Gasteiger partial charge on any atom is -0.338 e. The Bertz CT molecular complexity index is 532. The predicted octanol–water partition coefficient (Wildman–Crippen LogP) is 3.09. The maximum Gasteiger partial charge on any atom is 0.243 e. The van der Waals surface area contributed by atoms with E-state index in [2.05, 4.69) is 46.6 Å². The average Bonchev–Trinajstić information content (AvgIpc) is 3.09. The van der Waals surface area contributed by atoms with Crippen LogP contribution in [0.3, 0.4) is 0 Å². The molecule has 5 heteroatoms. The number of hydrogen-bond donors (Lipinski definition) is 1. The number of nitrogens with one attached hydrogen (secondary N) is 1. The number of aryl methyl sites for hydroxylation is 1. The summed E-state index contributed by atoms with van der Waals surface area (Å²) in [5.74, 6) is 2.26. The molecule has 100 valence electrons. The van der Waals surface area contributed by atoms with Crippen LogP contribution in [0.15, 0.2) is 33.7 Å². The standard InChI is InChI=1S/C14H17N3OS/c1-10-4-6-11(7-5-10)19-9-13-16-14(18-17-13)12-3-2-8-15-12/h4-7,12,15H,2-3,8-9H2,1H3/t12-/m1/s1. The molecule has 2 heterocycles. The summed E-state index contributed by atoms with van der Waals surface area (Å²) < 4.78 is 5.32. The van der Waals surface area contributed by atoms with Crippen LogP contribution in [0.4, 0.5) is 0 Å². The van der Waals surface area contributed by atoms with Crippen molar-refractivity contribution in [1.82, 2.24) is 15.5 Å². The Morgan fingerprint density at radius 2 is 2.21 bits per heavy atom. The van der Waals surface area contributed by atoms with Crippen molar-refractivity contribution in [3.05, 3.63) is 41.5 Å². The van der Waals surface area contributed by atoms with Gasteiger partial charge in [0, 0.05) is 4.90 Å². The molecule has 1 aliphatic rings. The summed E-state index contributed by atoms with van der Waals surface area (Å²) >= 11 is 1.73. The molecule has 1 fully saturated rings. The second-order valence-electron chi connectivity index (χ2n) is 4.80. The number of benzene rings is 1. The first kappa shape index (κ1) is 12.7. The van der Waals surface area contributed by atoms with E-state index in [0.717, 1.165) is 30.4 Å². The Morgan fingerprint density at radius 1 is 1.37 bits per heavy atom. The fraction of sp³-hybridized carbons (Fsp3) is 0.429. The first-order valence-electron chi connectivity index (χ1n) is 6.56. The Morgan fingerprint density at radius 3 is 2.95 bits per heavy atom. The largest absolute Gasteiger partial charge is 0.338 e. The van der Waals surface area contributed by atoms with Gasteiger partial charge in [-0.05, 0) is 38.4 Å². The van der Waals surface area contributed by atoms with Gasteiger partial charge < -0.3 is 9.84 Å². The third kappa shape index (κ3) is 3.16. The van der Waals surface area contributed by atoms with E-state index in [1.807, 2.05) is 0 Å². The highest BCUT2D eigenvalue weighted by molar-refractivity contribution is 7.98. The van der Waals surface area contributed by atoms with E-state index in [0.29, 0.717) is 0 Å². The molecule has 0 radical (unpaired) electrons. The smallest absolute Gasteiger partial charge is 0.243 e. The molecule has 4 nitrogen and oxygen atoms in total. The summed E-state index contributed by atoms with van der Waals surface area (Å²) in [6.07, 6.45) is 2.27. The highest BCUT2D eigenvalue weighted by atomic mass is 32.2. The second-order valence-corrected chi connectivity index (χ2v) is 5.85. The maximum atomic E-state index is 5.32. The highest BCUT2D eigenvalue weighted by Crippen LogP contribution is 2.24. The minimum atomic E-state index is 0.255. The number of nitrogens with zero attached hydrogens (tertiary/aromatic N) is 2. The lowest BCUT2D eigenvalue weighted by Crippen LogP contribution is -2.13. The van der Waals surface area contributed by atoms with Gasteiger partial charge in [-0.25, -0.2) is 0 Å². The zero-order chi connectivity index (χ0) is 13.1. The van der Waals surface area contributed by atoms with Crippen molar-refractivity contribution < 1.29 is 4.52 Å². The lowest BCUT2D eigenvalue weighted by Gasteiger charge is -2.01. The van der Waals surface area contributed by atoms with E-state index in [1.54, 1.807) is 11.8 Å². The number of hydrogen-bond acceptors (Lipinski definition) is 5. The van der Waals surface area contributed by atoms with Crippen molar-refractivity contribution in [2.24, 2.45) is 0 Å². The minimum absolute atomic E-state index is 0.255. The van der Waals surface area contributed by atoms with Crippen molar-refractivity contribution in [1.29, 1.82) is 0 Å². The Balaban J connectivity index is 1.59. The quantitative estimate of drug-likeness (QED) is 0.869. The van der Waals surface area contributed by atoms with Gasteiger partial charge in [0.2, 0.25) is 5.89 Å². The van der Waals surface area contributed by atoms with Crippen LogP contribution >= 0.6 is 11.8 Å². The van der Waals surface area contributed by atoms with Crippen LogP contribution in [0.5, 0.6) is 0 Å². The Labute approximate surface area is 117 Å². The first-order valence-corrected chi connectivity index (χ1v) is 7.55. The maximum absolute atomic E-state index is 5.32. The molecule has 0 amide bonds. The van der Waals surface area contributed by atoms with Gasteiger partial charge in [0.15, 0.2) is 5.82 Å². The molecule has 0 aliphatic carbocycles.